The standard InChI is InChI=1S/C32H37N7O3/c1-3-30(41)39-16-15-38(18-23(39)11-13-33)31-27-12-14-37(29-10-6-8-22-7-4-5-9-26(22)29)20-28(27)34-32(35-31)42-21-24-17-25(40)19-36(24)2/h3-10,23-25,40H,1,11-12,14-21H2,2H3/t23-,24-,25+/m0/s1. The van der Waals surface area contributed by atoms with Gasteiger partial charge in [-0.1, -0.05) is 43.0 Å². The van der Waals surface area contributed by atoms with Crippen molar-refractivity contribution < 1.29 is 14.6 Å². The molecule has 1 aromatic heterocycles. The SMILES string of the molecule is C=CC(=O)N1CCN(c2nc(OC[C@@H]3C[C@@H](O)CN3C)nc3c2CCN(c2cccc4ccccc24)C3)C[C@@H]1CC#N. The Kier molecular flexibility index (Phi) is 7.96. The second kappa shape index (κ2) is 12.0. The number of fused-ring (bicyclic) bond motifs is 2. The molecule has 3 aliphatic heterocycles. The molecule has 2 aromatic carbocycles. The zero-order valence-corrected chi connectivity index (χ0v) is 24.0. The summed E-state index contributed by atoms with van der Waals surface area (Å²) >= 11 is 0. The fourth-order valence-electron chi connectivity index (χ4n) is 6.56. The average molecular weight is 568 g/mol. The molecule has 3 aliphatic rings. The Labute approximate surface area is 246 Å². The summed E-state index contributed by atoms with van der Waals surface area (Å²) < 4.78 is 6.22. The summed E-state index contributed by atoms with van der Waals surface area (Å²) in [5.74, 6) is 0.665. The number of aromatic nitrogens is 2. The molecule has 0 unspecified atom stereocenters. The normalized spacial score (nSPS) is 22.6. The van der Waals surface area contributed by atoms with E-state index in [9.17, 15) is 15.2 Å². The molecule has 3 aromatic rings. The van der Waals surface area contributed by atoms with E-state index < -0.39 is 0 Å². The van der Waals surface area contributed by atoms with Crippen molar-refractivity contribution in [2.45, 2.75) is 44.0 Å². The van der Waals surface area contributed by atoms with Crippen LogP contribution in [0.4, 0.5) is 11.5 Å². The fourth-order valence-corrected chi connectivity index (χ4v) is 6.56. The van der Waals surface area contributed by atoms with Crippen LogP contribution in [0.25, 0.3) is 10.8 Å². The lowest BCUT2D eigenvalue weighted by Gasteiger charge is -2.42. The quantitative estimate of drug-likeness (QED) is 0.431. The molecule has 0 spiro atoms. The van der Waals surface area contributed by atoms with Crippen LogP contribution in [0.3, 0.4) is 0 Å². The van der Waals surface area contributed by atoms with Gasteiger partial charge in [0.2, 0.25) is 5.91 Å². The number of hydrogen-bond donors (Lipinski definition) is 1. The molecule has 2 saturated heterocycles. The van der Waals surface area contributed by atoms with Crippen LogP contribution in [0.1, 0.15) is 24.1 Å². The molecule has 3 atom stereocenters. The molecule has 0 saturated carbocycles. The Morgan fingerprint density at radius 2 is 1.95 bits per heavy atom. The predicted octanol–water partition coefficient (Wildman–Crippen LogP) is 2.75. The first-order chi connectivity index (χ1) is 20.4. The third-order valence-electron chi connectivity index (χ3n) is 8.77. The largest absolute Gasteiger partial charge is 0.462 e. The van der Waals surface area contributed by atoms with Gasteiger partial charge in [-0.2, -0.15) is 15.2 Å². The minimum Gasteiger partial charge on any atom is -0.462 e. The van der Waals surface area contributed by atoms with Gasteiger partial charge in [-0.25, -0.2) is 0 Å². The van der Waals surface area contributed by atoms with Crippen molar-refractivity contribution in [3.05, 3.63) is 66.4 Å². The number of benzene rings is 2. The van der Waals surface area contributed by atoms with Crippen molar-refractivity contribution in [2.24, 2.45) is 0 Å². The van der Waals surface area contributed by atoms with Crippen LogP contribution in [0, 0.1) is 11.3 Å². The molecular weight excluding hydrogens is 530 g/mol. The van der Waals surface area contributed by atoms with E-state index in [0.717, 1.165) is 30.0 Å². The maximum absolute atomic E-state index is 12.5. The third-order valence-corrected chi connectivity index (χ3v) is 8.77. The van der Waals surface area contributed by atoms with E-state index >= 15 is 0 Å². The number of aliphatic hydroxyl groups excluding tert-OH is 1. The average Bonchev–Trinajstić information content (AvgIpc) is 3.34. The number of rotatable bonds is 7. The van der Waals surface area contributed by atoms with Gasteiger partial charge in [-0.3, -0.25) is 9.69 Å². The van der Waals surface area contributed by atoms with Crippen molar-refractivity contribution in [3.8, 4) is 12.1 Å². The third kappa shape index (κ3) is 5.50. The first kappa shape index (κ1) is 27.9. The number of carbonyl (C=O) groups is 1. The summed E-state index contributed by atoms with van der Waals surface area (Å²) in [5.41, 5.74) is 3.19. The van der Waals surface area contributed by atoms with Gasteiger partial charge in [0.1, 0.15) is 12.4 Å². The summed E-state index contributed by atoms with van der Waals surface area (Å²) in [4.78, 5) is 30.8. The molecule has 1 amide bonds. The van der Waals surface area contributed by atoms with E-state index in [-0.39, 0.29) is 30.5 Å². The number of likely N-dealkylation sites (N-methyl/N-ethyl adjacent to an activating group) is 1. The van der Waals surface area contributed by atoms with Crippen LogP contribution in [-0.4, -0.2) is 95.3 Å². The van der Waals surface area contributed by atoms with Crippen LogP contribution in [0.15, 0.2) is 55.1 Å². The van der Waals surface area contributed by atoms with Crippen molar-refractivity contribution >= 4 is 28.2 Å². The number of hydrogen-bond acceptors (Lipinski definition) is 9. The van der Waals surface area contributed by atoms with Gasteiger partial charge in [-0.15, -0.1) is 0 Å². The number of ether oxygens (including phenoxy) is 1. The fraction of sp³-hybridized carbons (Fsp3) is 0.438. The second-order valence-corrected chi connectivity index (χ2v) is 11.4. The van der Waals surface area contributed by atoms with Gasteiger partial charge in [0.15, 0.2) is 0 Å². The van der Waals surface area contributed by atoms with E-state index in [1.807, 2.05) is 7.05 Å². The van der Waals surface area contributed by atoms with Gasteiger partial charge in [0.25, 0.3) is 0 Å². The van der Waals surface area contributed by atoms with Crippen molar-refractivity contribution in [3.63, 3.8) is 0 Å². The van der Waals surface area contributed by atoms with Gasteiger partial charge >= 0.3 is 6.01 Å². The van der Waals surface area contributed by atoms with Crippen LogP contribution >= 0.6 is 0 Å². The molecule has 1 N–H and O–H groups in total. The number of carbonyl (C=O) groups excluding carboxylic acids is 1. The van der Waals surface area contributed by atoms with Gasteiger partial charge in [0, 0.05) is 55.4 Å². The first-order valence-electron chi connectivity index (χ1n) is 14.6. The van der Waals surface area contributed by atoms with Crippen molar-refractivity contribution in [1.29, 1.82) is 5.26 Å². The van der Waals surface area contributed by atoms with Crippen molar-refractivity contribution in [2.75, 3.05) is 56.2 Å². The van der Waals surface area contributed by atoms with E-state index in [0.29, 0.717) is 51.8 Å². The molecule has 4 heterocycles. The Morgan fingerprint density at radius 3 is 2.74 bits per heavy atom. The maximum Gasteiger partial charge on any atom is 0.318 e. The van der Waals surface area contributed by atoms with E-state index in [1.54, 1.807) is 4.90 Å². The Balaban J connectivity index is 1.32. The highest BCUT2D eigenvalue weighted by molar-refractivity contribution is 5.94. The van der Waals surface area contributed by atoms with Gasteiger partial charge in [-0.05, 0) is 37.4 Å². The summed E-state index contributed by atoms with van der Waals surface area (Å²) in [6, 6.07) is 17.2. The topological polar surface area (TPSA) is 109 Å². The van der Waals surface area contributed by atoms with Crippen LogP contribution in [0.5, 0.6) is 6.01 Å². The summed E-state index contributed by atoms with van der Waals surface area (Å²) in [7, 11) is 1.99. The molecule has 0 aliphatic carbocycles. The number of anilines is 2. The van der Waals surface area contributed by atoms with E-state index in [1.165, 1.54) is 22.5 Å². The molecule has 218 valence electrons. The Morgan fingerprint density at radius 1 is 1.12 bits per heavy atom. The lowest BCUT2D eigenvalue weighted by atomic mass is 10.0. The number of aliphatic hydroxyl groups is 1. The highest BCUT2D eigenvalue weighted by atomic mass is 16.5. The molecular formula is C32H37N7O3. The van der Waals surface area contributed by atoms with Crippen molar-refractivity contribution in [1.82, 2.24) is 19.8 Å². The molecule has 10 heteroatoms. The summed E-state index contributed by atoms with van der Waals surface area (Å²) in [5, 5.41) is 22.0. The predicted molar refractivity (Wildman–Crippen MR) is 161 cm³/mol. The minimum atomic E-state index is -0.357. The number of piperazine rings is 1. The molecule has 2 fully saturated rings. The molecule has 0 bridgehead atoms. The molecule has 0 radical (unpaired) electrons. The lowest BCUT2D eigenvalue weighted by molar-refractivity contribution is -0.128. The number of likely N-dealkylation sites (tertiary alicyclic amines) is 1. The lowest BCUT2D eigenvalue weighted by Crippen LogP contribution is -2.55. The van der Waals surface area contributed by atoms with Crippen LogP contribution in [-0.2, 0) is 17.8 Å². The minimum absolute atomic E-state index is 0.0868. The highest BCUT2D eigenvalue weighted by Crippen LogP contribution is 2.35. The molecule has 10 nitrogen and oxygen atoms in total. The Bertz CT molecular complexity index is 1520. The monoisotopic (exact) mass is 567 g/mol. The zero-order chi connectivity index (χ0) is 29.2. The highest BCUT2D eigenvalue weighted by Gasteiger charge is 2.34. The maximum atomic E-state index is 12.5. The first-order valence-corrected chi connectivity index (χ1v) is 14.6. The van der Waals surface area contributed by atoms with E-state index in [4.69, 9.17) is 14.7 Å². The summed E-state index contributed by atoms with van der Waals surface area (Å²) in [6.07, 6.45) is 2.61. The number of nitrogens with zero attached hydrogens (tertiary/aromatic N) is 7. The van der Waals surface area contributed by atoms with Crippen LogP contribution in [0.2, 0.25) is 0 Å². The smallest absolute Gasteiger partial charge is 0.318 e. The number of β-amino-alcohol motifs (C(OH)–C–C–N with tert-alkyl or cyclic N) is 1. The van der Waals surface area contributed by atoms with Gasteiger partial charge in [0.05, 0.1) is 36.9 Å². The number of nitriles is 1. The van der Waals surface area contributed by atoms with E-state index in [2.05, 4.69) is 69.8 Å². The summed E-state index contributed by atoms with van der Waals surface area (Å²) in [6.45, 7) is 7.67. The van der Waals surface area contributed by atoms with Crippen LogP contribution < -0.4 is 14.5 Å². The Hall–Kier alpha value is -4.20. The molecule has 6 rings (SSSR count). The second-order valence-electron chi connectivity index (χ2n) is 11.4. The van der Waals surface area contributed by atoms with Gasteiger partial charge < -0.3 is 24.5 Å². The number of amides is 1. The zero-order valence-electron chi connectivity index (χ0n) is 24.0. The molecule has 42 heavy (non-hydrogen) atoms.